The summed E-state index contributed by atoms with van der Waals surface area (Å²) in [6.07, 6.45) is 0. The maximum Gasteiger partial charge on any atom is 0.265 e. The van der Waals surface area contributed by atoms with Gasteiger partial charge in [0.05, 0.1) is 5.69 Å². The van der Waals surface area contributed by atoms with Crippen molar-refractivity contribution in [2.24, 2.45) is 0 Å². The van der Waals surface area contributed by atoms with Crippen molar-refractivity contribution in [3.05, 3.63) is 51.6 Å². The summed E-state index contributed by atoms with van der Waals surface area (Å²) in [5.74, 6) is 0.382. The van der Waals surface area contributed by atoms with E-state index in [9.17, 15) is 9.59 Å². The summed E-state index contributed by atoms with van der Waals surface area (Å²) in [6, 6.07) is 12.6. The van der Waals surface area contributed by atoms with Crippen LogP contribution in [0.5, 0.6) is 5.75 Å². The van der Waals surface area contributed by atoms with E-state index >= 15 is 0 Å². The predicted octanol–water partition coefficient (Wildman–Crippen LogP) is 3.29. The highest BCUT2D eigenvalue weighted by atomic mass is 127. The van der Waals surface area contributed by atoms with Crippen LogP contribution in [0.15, 0.2) is 42.5 Å². The molecule has 23 heavy (non-hydrogen) atoms. The molecular formula is C17H15IN2O3. The Morgan fingerprint density at radius 2 is 2.00 bits per heavy atom. The summed E-state index contributed by atoms with van der Waals surface area (Å²) < 4.78 is 6.49. The molecule has 6 heteroatoms. The molecule has 2 aromatic carbocycles. The Kier molecular flexibility index (Phi) is 4.51. The van der Waals surface area contributed by atoms with Gasteiger partial charge in [-0.05, 0) is 72.0 Å². The molecule has 118 valence electrons. The number of likely N-dealkylation sites (N-methyl/N-ethyl adjacent to an activating group) is 1. The molecule has 0 unspecified atom stereocenters. The number of ether oxygens (including phenoxy) is 1. The van der Waals surface area contributed by atoms with Crippen molar-refractivity contribution in [2.45, 2.75) is 6.92 Å². The van der Waals surface area contributed by atoms with E-state index in [0.717, 1.165) is 3.57 Å². The van der Waals surface area contributed by atoms with Crippen molar-refractivity contribution in [2.75, 3.05) is 23.4 Å². The van der Waals surface area contributed by atoms with Gasteiger partial charge in [0.2, 0.25) is 0 Å². The largest absolute Gasteiger partial charge is 0.482 e. The van der Waals surface area contributed by atoms with Crippen LogP contribution in [0.25, 0.3) is 0 Å². The fourth-order valence-electron chi connectivity index (χ4n) is 2.43. The monoisotopic (exact) mass is 422 g/mol. The number of fused-ring (bicyclic) bond motifs is 1. The van der Waals surface area contributed by atoms with Crippen LogP contribution in [0, 0.1) is 3.57 Å². The number of carbonyl (C=O) groups is 2. The minimum atomic E-state index is -0.188. The quantitative estimate of drug-likeness (QED) is 0.773. The third kappa shape index (κ3) is 3.31. The fourth-order valence-corrected chi connectivity index (χ4v) is 2.79. The van der Waals surface area contributed by atoms with E-state index in [-0.39, 0.29) is 18.4 Å². The molecule has 3 rings (SSSR count). The molecule has 5 nitrogen and oxygen atoms in total. The van der Waals surface area contributed by atoms with Crippen LogP contribution in [0.3, 0.4) is 0 Å². The molecule has 0 aromatic heterocycles. The summed E-state index contributed by atoms with van der Waals surface area (Å²) in [7, 11) is 0. The zero-order valence-corrected chi connectivity index (χ0v) is 14.7. The first-order valence-corrected chi connectivity index (χ1v) is 8.30. The second-order valence-corrected chi connectivity index (χ2v) is 6.32. The van der Waals surface area contributed by atoms with E-state index in [4.69, 9.17) is 4.74 Å². The van der Waals surface area contributed by atoms with Crippen LogP contribution in [0.1, 0.15) is 17.3 Å². The van der Waals surface area contributed by atoms with Gasteiger partial charge in [0.1, 0.15) is 5.75 Å². The highest BCUT2D eigenvalue weighted by Gasteiger charge is 2.24. The molecule has 0 bridgehead atoms. The van der Waals surface area contributed by atoms with E-state index in [1.54, 1.807) is 35.2 Å². The first-order chi connectivity index (χ1) is 11.1. The average molecular weight is 422 g/mol. The van der Waals surface area contributed by atoms with Gasteiger partial charge in [-0.25, -0.2) is 0 Å². The van der Waals surface area contributed by atoms with Gasteiger partial charge in [0, 0.05) is 21.4 Å². The van der Waals surface area contributed by atoms with Gasteiger partial charge in [-0.2, -0.15) is 0 Å². The van der Waals surface area contributed by atoms with Crippen molar-refractivity contribution in [1.82, 2.24) is 0 Å². The van der Waals surface area contributed by atoms with Crippen LogP contribution < -0.4 is 15.0 Å². The second-order valence-electron chi connectivity index (χ2n) is 5.07. The molecule has 1 aliphatic rings. The van der Waals surface area contributed by atoms with Crippen LogP contribution in [0.2, 0.25) is 0 Å². The first-order valence-electron chi connectivity index (χ1n) is 7.22. The Labute approximate surface area is 147 Å². The Hall–Kier alpha value is -2.09. The Balaban J connectivity index is 1.84. The van der Waals surface area contributed by atoms with Crippen molar-refractivity contribution >= 4 is 45.8 Å². The summed E-state index contributed by atoms with van der Waals surface area (Å²) in [6.45, 7) is 2.52. The fraction of sp³-hybridized carbons (Fsp3) is 0.176. The van der Waals surface area contributed by atoms with E-state index in [1.807, 2.05) is 19.1 Å². The number of nitrogens with one attached hydrogen (secondary N) is 1. The molecule has 0 spiro atoms. The van der Waals surface area contributed by atoms with Gasteiger partial charge < -0.3 is 15.0 Å². The number of rotatable bonds is 3. The topological polar surface area (TPSA) is 58.6 Å². The Morgan fingerprint density at radius 1 is 1.26 bits per heavy atom. The maximum absolute atomic E-state index is 12.3. The lowest BCUT2D eigenvalue weighted by Crippen LogP contribution is -2.38. The first kappa shape index (κ1) is 15.8. The van der Waals surface area contributed by atoms with E-state index in [1.165, 1.54) is 0 Å². The van der Waals surface area contributed by atoms with Crippen molar-refractivity contribution in [1.29, 1.82) is 0 Å². The van der Waals surface area contributed by atoms with Crippen molar-refractivity contribution < 1.29 is 14.3 Å². The molecule has 2 aromatic rings. The minimum absolute atomic E-state index is 0.0508. The molecule has 2 amide bonds. The minimum Gasteiger partial charge on any atom is -0.482 e. The molecule has 0 atom stereocenters. The number of carbonyl (C=O) groups excluding carboxylic acids is 2. The second kappa shape index (κ2) is 6.57. The molecule has 0 aliphatic carbocycles. The highest BCUT2D eigenvalue weighted by Crippen LogP contribution is 2.34. The van der Waals surface area contributed by atoms with Gasteiger partial charge in [0.15, 0.2) is 6.61 Å². The average Bonchev–Trinajstić information content (AvgIpc) is 2.55. The van der Waals surface area contributed by atoms with Gasteiger partial charge in [-0.1, -0.05) is 0 Å². The van der Waals surface area contributed by atoms with Gasteiger partial charge in [-0.15, -0.1) is 0 Å². The number of amides is 2. The molecule has 0 saturated heterocycles. The van der Waals surface area contributed by atoms with E-state index < -0.39 is 0 Å². The molecule has 0 radical (unpaired) electrons. The molecule has 1 aliphatic heterocycles. The van der Waals surface area contributed by atoms with Crippen molar-refractivity contribution in [3.8, 4) is 5.75 Å². The lowest BCUT2D eigenvalue weighted by molar-refractivity contribution is -0.121. The van der Waals surface area contributed by atoms with Crippen LogP contribution in [-0.4, -0.2) is 25.0 Å². The lowest BCUT2D eigenvalue weighted by atomic mass is 10.2. The number of nitrogens with zero attached hydrogens (tertiary/aromatic N) is 1. The van der Waals surface area contributed by atoms with Crippen LogP contribution >= 0.6 is 22.6 Å². The summed E-state index contributed by atoms with van der Waals surface area (Å²) in [4.78, 5) is 25.8. The van der Waals surface area contributed by atoms with Crippen LogP contribution in [0.4, 0.5) is 11.4 Å². The Morgan fingerprint density at radius 3 is 2.70 bits per heavy atom. The highest BCUT2D eigenvalue weighted by molar-refractivity contribution is 14.1. The SMILES string of the molecule is CCN1C(=O)COc2ccc(NC(=O)c3ccc(I)cc3)cc21. The van der Waals surface area contributed by atoms with Crippen LogP contribution in [-0.2, 0) is 4.79 Å². The summed E-state index contributed by atoms with van der Waals surface area (Å²) in [5.41, 5.74) is 1.90. The molecule has 0 saturated carbocycles. The number of halogens is 1. The number of hydrogen-bond acceptors (Lipinski definition) is 3. The number of hydrogen-bond donors (Lipinski definition) is 1. The number of benzene rings is 2. The standard InChI is InChI=1S/C17H15IN2O3/c1-2-20-14-9-13(7-8-15(14)23-10-16(20)21)19-17(22)11-3-5-12(18)6-4-11/h3-9H,2,10H2,1H3,(H,19,22). The van der Waals surface area contributed by atoms with Gasteiger partial charge >= 0.3 is 0 Å². The molecule has 1 N–H and O–H groups in total. The normalized spacial score (nSPS) is 13.3. The number of anilines is 2. The summed E-state index contributed by atoms with van der Waals surface area (Å²) >= 11 is 2.19. The molecule has 1 heterocycles. The summed E-state index contributed by atoms with van der Waals surface area (Å²) in [5, 5.41) is 2.85. The van der Waals surface area contributed by atoms with Gasteiger partial charge in [0.25, 0.3) is 11.8 Å². The Bertz CT molecular complexity index is 759. The maximum atomic E-state index is 12.3. The predicted molar refractivity (Wildman–Crippen MR) is 97.1 cm³/mol. The third-order valence-electron chi connectivity index (χ3n) is 3.58. The van der Waals surface area contributed by atoms with Crippen molar-refractivity contribution in [3.63, 3.8) is 0 Å². The third-order valence-corrected chi connectivity index (χ3v) is 4.30. The smallest absolute Gasteiger partial charge is 0.265 e. The van der Waals surface area contributed by atoms with Gasteiger partial charge in [-0.3, -0.25) is 9.59 Å². The van der Waals surface area contributed by atoms with E-state index in [0.29, 0.717) is 29.2 Å². The molecule has 0 fully saturated rings. The zero-order valence-electron chi connectivity index (χ0n) is 12.5. The molecular weight excluding hydrogens is 407 g/mol. The zero-order chi connectivity index (χ0) is 16.4. The lowest BCUT2D eigenvalue weighted by Gasteiger charge is -2.28. The van der Waals surface area contributed by atoms with E-state index in [2.05, 4.69) is 27.9 Å².